The molecule has 1 aromatic carbocycles. The highest BCUT2D eigenvalue weighted by molar-refractivity contribution is 7.89. The van der Waals surface area contributed by atoms with Crippen LogP contribution in [0.4, 0.5) is 0 Å². The van der Waals surface area contributed by atoms with Crippen LogP contribution in [0.5, 0.6) is 0 Å². The average molecular weight is 286 g/mol. The van der Waals surface area contributed by atoms with Crippen molar-refractivity contribution in [2.45, 2.75) is 20.1 Å². The zero-order valence-corrected chi connectivity index (χ0v) is 12.3. The van der Waals surface area contributed by atoms with Gasteiger partial charge < -0.3 is 10.1 Å². The van der Waals surface area contributed by atoms with Gasteiger partial charge in [-0.1, -0.05) is 31.2 Å². The predicted octanol–water partition coefficient (Wildman–Crippen LogP) is 0.862. The van der Waals surface area contributed by atoms with Gasteiger partial charge in [0.25, 0.3) is 0 Å². The molecule has 0 radical (unpaired) electrons. The highest BCUT2D eigenvalue weighted by Gasteiger charge is 2.06. The number of hydrogen-bond donors (Lipinski definition) is 2. The number of hydrogen-bond acceptors (Lipinski definition) is 4. The second kappa shape index (κ2) is 8.27. The van der Waals surface area contributed by atoms with Crippen LogP contribution in [-0.2, 0) is 27.9 Å². The van der Waals surface area contributed by atoms with Crippen LogP contribution < -0.4 is 10.0 Å². The lowest BCUT2D eigenvalue weighted by molar-refractivity contribution is 0.185. The van der Waals surface area contributed by atoms with Crippen molar-refractivity contribution < 1.29 is 13.2 Å². The van der Waals surface area contributed by atoms with Crippen LogP contribution in [0.3, 0.4) is 0 Å². The lowest BCUT2D eigenvalue weighted by Gasteiger charge is -2.07. The quantitative estimate of drug-likeness (QED) is 0.661. The summed E-state index contributed by atoms with van der Waals surface area (Å²) in [5, 5.41) is 3.12. The van der Waals surface area contributed by atoms with Gasteiger partial charge in [0, 0.05) is 26.7 Å². The molecule has 0 fully saturated rings. The van der Waals surface area contributed by atoms with Crippen molar-refractivity contribution in [1.29, 1.82) is 0 Å². The number of methoxy groups -OCH3 is 1. The van der Waals surface area contributed by atoms with Gasteiger partial charge in [0.15, 0.2) is 0 Å². The smallest absolute Gasteiger partial charge is 0.212 e. The van der Waals surface area contributed by atoms with Crippen LogP contribution in [0.15, 0.2) is 24.3 Å². The number of sulfonamides is 1. The fourth-order valence-corrected chi connectivity index (χ4v) is 2.65. The second-order valence-electron chi connectivity index (χ2n) is 4.24. The molecule has 0 aliphatic carbocycles. The molecular weight excluding hydrogens is 264 g/mol. The van der Waals surface area contributed by atoms with Gasteiger partial charge in [-0.25, -0.2) is 13.1 Å². The number of nitrogens with one attached hydrogen (secondary N) is 2. The van der Waals surface area contributed by atoms with Crippen LogP contribution >= 0.6 is 0 Å². The van der Waals surface area contributed by atoms with E-state index in [0.717, 1.165) is 11.1 Å². The SMILES string of the molecule is CCNS(=O)(=O)CCNCc1ccc(COC)cc1. The van der Waals surface area contributed by atoms with E-state index in [9.17, 15) is 8.42 Å². The van der Waals surface area contributed by atoms with Crippen LogP contribution in [0.25, 0.3) is 0 Å². The van der Waals surface area contributed by atoms with Gasteiger partial charge >= 0.3 is 0 Å². The van der Waals surface area contributed by atoms with Crippen molar-refractivity contribution in [3.05, 3.63) is 35.4 Å². The molecule has 0 saturated heterocycles. The van der Waals surface area contributed by atoms with Crippen molar-refractivity contribution in [2.75, 3.05) is 26.0 Å². The van der Waals surface area contributed by atoms with E-state index >= 15 is 0 Å². The Morgan fingerprint density at radius 1 is 1.16 bits per heavy atom. The largest absolute Gasteiger partial charge is 0.380 e. The normalized spacial score (nSPS) is 11.7. The molecule has 0 aliphatic heterocycles. The Hall–Kier alpha value is -0.950. The maximum atomic E-state index is 11.4. The topological polar surface area (TPSA) is 67.4 Å². The molecule has 1 rings (SSSR count). The summed E-state index contributed by atoms with van der Waals surface area (Å²) in [4.78, 5) is 0. The average Bonchev–Trinajstić information content (AvgIpc) is 2.37. The van der Waals surface area contributed by atoms with E-state index in [2.05, 4.69) is 10.0 Å². The summed E-state index contributed by atoms with van der Waals surface area (Å²) in [7, 11) is -1.46. The molecule has 0 heterocycles. The molecule has 2 N–H and O–H groups in total. The minimum absolute atomic E-state index is 0.0998. The third kappa shape index (κ3) is 6.68. The second-order valence-corrected chi connectivity index (χ2v) is 6.17. The molecule has 0 aliphatic rings. The fourth-order valence-electron chi connectivity index (χ4n) is 1.65. The van der Waals surface area contributed by atoms with Crippen LogP contribution in [0.1, 0.15) is 18.1 Å². The number of rotatable bonds is 9. The highest BCUT2D eigenvalue weighted by atomic mass is 32.2. The van der Waals surface area contributed by atoms with Gasteiger partial charge in [0.05, 0.1) is 12.4 Å². The fraction of sp³-hybridized carbons (Fsp3) is 0.538. The van der Waals surface area contributed by atoms with E-state index in [1.165, 1.54) is 0 Å². The first kappa shape index (κ1) is 16.1. The molecule has 108 valence electrons. The molecule has 0 unspecified atom stereocenters. The highest BCUT2D eigenvalue weighted by Crippen LogP contribution is 2.05. The molecular formula is C13H22N2O3S. The molecule has 0 aromatic heterocycles. The Bertz CT molecular complexity index is 457. The number of benzene rings is 1. The molecule has 0 amide bonds. The van der Waals surface area contributed by atoms with Gasteiger partial charge in [-0.3, -0.25) is 0 Å². The van der Waals surface area contributed by atoms with Crippen LogP contribution in [-0.4, -0.2) is 34.4 Å². The molecule has 6 heteroatoms. The number of ether oxygens (including phenoxy) is 1. The third-order valence-corrected chi connectivity index (χ3v) is 4.05. The van der Waals surface area contributed by atoms with Crippen molar-refractivity contribution in [1.82, 2.24) is 10.0 Å². The van der Waals surface area contributed by atoms with E-state index in [4.69, 9.17) is 4.74 Å². The minimum atomic E-state index is -3.13. The summed E-state index contributed by atoms with van der Waals surface area (Å²) in [6.07, 6.45) is 0. The van der Waals surface area contributed by atoms with Crippen molar-refractivity contribution in [2.24, 2.45) is 0 Å². The zero-order chi connectivity index (χ0) is 14.1. The summed E-state index contributed by atoms with van der Waals surface area (Å²) in [6.45, 7) is 3.91. The summed E-state index contributed by atoms with van der Waals surface area (Å²) < 4.78 is 30.3. The Morgan fingerprint density at radius 3 is 2.37 bits per heavy atom. The monoisotopic (exact) mass is 286 g/mol. The first-order chi connectivity index (χ1) is 9.07. The van der Waals surface area contributed by atoms with Crippen molar-refractivity contribution in [3.63, 3.8) is 0 Å². The first-order valence-electron chi connectivity index (χ1n) is 6.32. The van der Waals surface area contributed by atoms with Crippen LogP contribution in [0, 0.1) is 0 Å². The van der Waals surface area contributed by atoms with Gasteiger partial charge in [0.2, 0.25) is 10.0 Å². The maximum absolute atomic E-state index is 11.4. The van der Waals surface area contributed by atoms with Gasteiger partial charge in [-0.05, 0) is 11.1 Å². The summed E-state index contributed by atoms with van der Waals surface area (Å²) in [5.41, 5.74) is 2.25. The molecule has 1 aromatic rings. The van der Waals surface area contributed by atoms with Gasteiger partial charge in [-0.2, -0.15) is 0 Å². The van der Waals surface area contributed by atoms with E-state index < -0.39 is 10.0 Å². The van der Waals surface area contributed by atoms with E-state index in [-0.39, 0.29) is 5.75 Å². The summed E-state index contributed by atoms with van der Waals surface area (Å²) in [6, 6.07) is 8.05. The predicted molar refractivity (Wildman–Crippen MR) is 76.3 cm³/mol. The zero-order valence-electron chi connectivity index (χ0n) is 11.5. The lowest BCUT2D eigenvalue weighted by atomic mass is 10.1. The standard InChI is InChI=1S/C13H22N2O3S/c1-3-15-19(16,17)9-8-14-10-12-4-6-13(7-5-12)11-18-2/h4-7,14-15H,3,8-11H2,1-2H3. The molecule has 0 bridgehead atoms. The van der Waals surface area contributed by atoms with Crippen molar-refractivity contribution >= 4 is 10.0 Å². The Kier molecular flexibility index (Phi) is 7.01. The third-order valence-electron chi connectivity index (χ3n) is 2.57. The Labute approximate surface area is 115 Å². The molecule has 0 atom stereocenters. The summed E-state index contributed by atoms with van der Waals surface area (Å²) in [5.74, 6) is 0.0998. The molecule has 0 spiro atoms. The maximum Gasteiger partial charge on any atom is 0.212 e. The van der Waals surface area contributed by atoms with Crippen molar-refractivity contribution in [3.8, 4) is 0 Å². The Morgan fingerprint density at radius 2 is 1.79 bits per heavy atom. The van der Waals surface area contributed by atoms with Gasteiger partial charge in [-0.15, -0.1) is 0 Å². The first-order valence-corrected chi connectivity index (χ1v) is 7.97. The molecule has 5 nitrogen and oxygen atoms in total. The van der Waals surface area contributed by atoms with E-state index in [0.29, 0.717) is 26.2 Å². The summed E-state index contributed by atoms with van der Waals surface area (Å²) >= 11 is 0. The van der Waals surface area contributed by atoms with E-state index in [1.54, 1.807) is 14.0 Å². The lowest BCUT2D eigenvalue weighted by Crippen LogP contribution is -2.31. The van der Waals surface area contributed by atoms with Crippen LogP contribution in [0.2, 0.25) is 0 Å². The minimum Gasteiger partial charge on any atom is -0.380 e. The van der Waals surface area contributed by atoms with E-state index in [1.807, 2.05) is 24.3 Å². The van der Waals surface area contributed by atoms with Gasteiger partial charge in [0.1, 0.15) is 0 Å². The Balaban J connectivity index is 2.29. The molecule has 0 saturated carbocycles. The molecule has 19 heavy (non-hydrogen) atoms.